The third-order valence-corrected chi connectivity index (χ3v) is 4.97. The Labute approximate surface area is 180 Å². The second kappa shape index (κ2) is 12.6. The van der Waals surface area contributed by atoms with Gasteiger partial charge in [-0.15, -0.1) is 0 Å². The standard InChI is InChI=1S/2C13H29N/c2*1-12(2,3)8-10-14(7)11-9-13(4,5)6/h2*8-11H2,1-7H3. The van der Waals surface area contributed by atoms with Crippen LogP contribution in [0, 0.1) is 21.7 Å². The van der Waals surface area contributed by atoms with Crippen LogP contribution in [0.15, 0.2) is 0 Å². The highest BCUT2D eigenvalue weighted by Gasteiger charge is 2.15. The molecule has 0 atom stereocenters. The zero-order valence-corrected chi connectivity index (χ0v) is 22.6. The first kappa shape index (κ1) is 30.1. The highest BCUT2D eigenvalue weighted by Crippen LogP contribution is 2.22. The molecule has 0 radical (unpaired) electrons. The van der Waals surface area contributed by atoms with Crippen molar-refractivity contribution < 1.29 is 0 Å². The Hall–Kier alpha value is -0.0800. The average molecular weight is 399 g/mol. The van der Waals surface area contributed by atoms with Crippen molar-refractivity contribution in [3.05, 3.63) is 0 Å². The number of nitrogens with zero attached hydrogens (tertiary/aromatic N) is 2. The van der Waals surface area contributed by atoms with Crippen LogP contribution in [0.3, 0.4) is 0 Å². The summed E-state index contributed by atoms with van der Waals surface area (Å²) in [6, 6.07) is 0. The van der Waals surface area contributed by atoms with Gasteiger partial charge in [-0.25, -0.2) is 0 Å². The molecule has 0 aromatic carbocycles. The monoisotopic (exact) mass is 398 g/mol. The van der Waals surface area contributed by atoms with Crippen molar-refractivity contribution in [2.75, 3.05) is 40.3 Å². The first-order valence-electron chi connectivity index (χ1n) is 11.6. The van der Waals surface area contributed by atoms with Gasteiger partial charge >= 0.3 is 0 Å². The Morgan fingerprint density at radius 3 is 0.607 bits per heavy atom. The van der Waals surface area contributed by atoms with E-state index in [-0.39, 0.29) is 0 Å². The summed E-state index contributed by atoms with van der Waals surface area (Å²) in [5.41, 5.74) is 1.87. The molecule has 2 heteroatoms. The zero-order valence-electron chi connectivity index (χ0n) is 22.6. The van der Waals surface area contributed by atoms with E-state index in [2.05, 4.69) is 107 Å². The van der Waals surface area contributed by atoms with E-state index in [4.69, 9.17) is 0 Å². The Morgan fingerprint density at radius 1 is 0.357 bits per heavy atom. The quantitative estimate of drug-likeness (QED) is 0.415. The molecule has 0 rings (SSSR count). The van der Waals surface area contributed by atoms with Gasteiger partial charge in [0.1, 0.15) is 0 Å². The van der Waals surface area contributed by atoms with Gasteiger partial charge in [0.15, 0.2) is 0 Å². The second-order valence-electron chi connectivity index (χ2n) is 13.8. The lowest BCUT2D eigenvalue weighted by molar-refractivity contribution is 0.231. The molecule has 0 aromatic heterocycles. The summed E-state index contributed by atoms with van der Waals surface area (Å²) in [5.74, 6) is 0. The smallest absolute Gasteiger partial charge is 0.00168 e. The maximum atomic E-state index is 2.45. The minimum absolute atomic E-state index is 0.468. The molecule has 0 bridgehead atoms. The third-order valence-electron chi connectivity index (χ3n) is 4.97. The number of rotatable bonds is 8. The molecule has 0 spiro atoms. The molecule has 0 aromatic rings. The SMILES string of the molecule is CN(CCC(C)(C)C)CCC(C)(C)C.CN(CCC(C)(C)C)CCC(C)(C)C. The van der Waals surface area contributed by atoms with E-state index >= 15 is 0 Å². The predicted octanol–water partition coefficient (Wildman–Crippen LogP) is 7.58. The molecule has 0 saturated heterocycles. The lowest BCUT2D eigenvalue weighted by atomic mass is 9.91. The molecule has 0 saturated carbocycles. The van der Waals surface area contributed by atoms with Crippen molar-refractivity contribution in [1.29, 1.82) is 0 Å². The topological polar surface area (TPSA) is 6.48 Å². The predicted molar refractivity (Wildman–Crippen MR) is 131 cm³/mol. The minimum Gasteiger partial charge on any atom is -0.306 e. The fraction of sp³-hybridized carbons (Fsp3) is 1.00. The molecule has 0 unspecified atom stereocenters. The van der Waals surface area contributed by atoms with E-state index < -0.39 is 0 Å². The minimum atomic E-state index is 0.468. The fourth-order valence-electron chi connectivity index (χ4n) is 2.33. The van der Waals surface area contributed by atoms with E-state index in [9.17, 15) is 0 Å². The fourth-order valence-corrected chi connectivity index (χ4v) is 2.33. The largest absolute Gasteiger partial charge is 0.306 e. The van der Waals surface area contributed by atoms with Gasteiger partial charge in [-0.05, 0) is 87.6 Å². The van der Waals surface area contributed by atoms with E-state index in [1.54, 1.807) is 0 Å². The van der Waals surface area contributed by atoms with E-state index in [0.29, 0.717) is 21.7 Å². The molecule has 0 amide bonds. The van der Waals surface area contributed by atoms with Crippen LogP contribution in [0.1, 0.15) is 109 Å². The Balaban J connectivity index is 0. The molecule has 172 valence electrons. The molecule has 0 aliphatic heterocycles. The first-order chi connectivity index (χ1) is 12.2. The molecular weight excluding hydrogens is 340 g/mol. The summed E-state index contributed by atoms with van der Waals surface area (Å²) in [6.45, 7) is 32.6. The summed E-state index contributed by atoms with van der Waals surface area (Å²) in [5, 5.41) is 0. The van der Waals surface area contributed by atoms with Crippen molar-refractivity contribution in [3.8, 4) is 0 Å². The van der Waals surface area contributed by atoms with Crippen molar-refractivity contribution in [2.45, 2.75) is 109 Å². The Bertz CT molecular complexity index is 297. The van der Waals surface area contributed by atoms with Crippen LogP contribution in [0.25, 0.3) is 0 Å². The van der Waals surface area contributed by atoms with E-state index in [1.165, 1.54) is 51.9 Å². The van der Waals surface area contributed by atoms with Gasteiger partial charge in [0.05, 0.1) is 0 Å². The molecule has 28 heavy (non-hydrogen) atoms. The van der Waals surface area contributed by atoms with Gasteiger partial charge in [-0.3, -0.25) is 0 Å². The second-order valence-corrected chi connectivity index (χ2v) is 13.8. The summed E-state index contributed by atoms with van der Waals surface area (Å²) in [7, 11) is 4.47. The lowest BCUT2D eigenvalue weighted by Gasteiger charge is -2.26. The molecule has 0 heterocycles. The Morgan fingerprint density at radius 2 is 0.500 bits per heavy atom. The van der Waals surface area contributed by atoms with Crippen LogP contribution in [0.4, 0.5) is 0 Å². The van der Waals surface area contributed by atoms with Gasteiger partial charge in [0.2, 0.25) is 0 Å². The van der Waals surface area contributed by atoms with Crippen molar-refractivity contribution >= 4 is 0 Å². The van der Waals surface area contributed by atoms with Gasteiger partial charge in [0, 0.05) is 0 Å². The van der Waals surface area contributed by atoms with Gasteiger partial charge in [0.25, 0.3) is 0 Å². The van der Waals surface area contributed by atoms with Crippen LogP contribution >= 0.6 is 0 Å². The maximum Gasteiger partial charge on any atom is -0.00168 e. The summed E-state index contributed by atoms with van der Waals surface area (Å²) < 4.78 is 0. The van der Waals surface area contributed by atoms with Crippen LogP contribution in [-0.2, 0) is 0 Å². The van der Waals surface area contributed by atoms with Crippen LogP contribution in [-0.4, -0.2) is 50.1 Å². The van der Waals surface area contributed by atoms with Crippen LogP contribution in [0.2, 0.25) is 0 Å². The molecule has 0 N–H and O–H groups in total. The molecule has 0 fully saturated rings. The van der Waals surface area contributed by atoms with Gasteiger partial charge in [-0.2, -0.15) is 0 Å². The highest BCUT2D eigenvalue weighted by molar-refractivity contribution is 4.68. The summed E-state index contributed by atoms with van der Waals surface area (Å²) >= 11 is 0. The molecule has 0 aliphatic rings. The van der Waals surface area contributed by atoms with Crippen LogP contribution < -0.4 is 0 Å². The number of hydrogen-bond acceptors (Lipinski definition) is 2. The van der Waals surface area contributed by atoms with Crippen molar-refractivity contribution in [2.24, 2.45) is 21.7 Å². The van der Waals surface area contributed by atoms with Crippen LogP contribution in [0.5, 0.6) is 0 Å². The van der Waals surface area contributed by atoms with E-state index in [0.717, 1.165) is 0 Å². The number of hydrogen-bond donors (Lipinski definition) is 0. The Kier molecular flexibility index (Phi) is 13.5. The summed E-state index contributed by atoms with van der Waals surface area (Å²) in [4.78, 5) is 4.91. The summed E-state index contributed by atoms with van der Waals surface area (Å²) in [6.07, 6.45) is 5.14. The highest BCUT2D eigenvalue weighted by atomic mass is 15.1. The molecular formula is C26H58N2. The first-order valence-corrected chi connectivity index (χ1v) is 11.6. The normalized spacial score (nSPS) is 13.7. The zero-order chi connectivity index (χ0) is 22.8. The van der Waals surface area contributed by atoms with Crippen molar-refractivity contribution in [3.63, 3.8) is 0 Å². The lowest BCUT2D eigenvalue weighted by Crippen LogP contribution is -2.27. The average Bonchev–Trinajstić information content (AvgIpc) is 2.44. The molecule has 0 aliphatic carbocycles. The third kappa shape index (κ3) is 28.1. The van der Waals surface area contributed by atoms with Gasteiger partial charge in [-0.1, -0.05) is 83.1 Å². The maximum absolute atomic E-state index is 2.45. The van der Waals surface area contributed by atoms with Crippen molar-refractivity contribution in [1.82, 2.24) is 9.80 Å². The molecule has 2 nitrogen and oxygen atoms in total. The van der Waals surface area contributed by atoms with E-state index in [1.807, 2.05) is 0 Å². The van der Waals surface area contributed by atoms with Gasteiger partial charge < -0.3 is 9.80 Å².